The normalized spacial score (nSPS) is 17.8. The summed E-state index contributed by atoms with van der Waals surface area (Å²) in [4.78, 5) is 21.9. The maximum Gasteiger partial charge on any atom is 0.340 e. The number of pyridine rings is 1. The van der Waals surface area contributed by atoms with Crippen molar-refractivity contribution in [2.24, 2.45) is 10.8 Å². The predicted molar refractivity (Wildman–Crippen MR) is 209 cm³/mol. The van der Waals surface area contributed by atoms with Gasteiger partial charge in [-0.25, -0.2) is 9.18 Å². The summed E-state index contributed by atoms with van der Waals surface area (Å²) in [7, 11) is 0. The van der Waals surface area contributed by atoms with Gasteiger partial charge in [0.2, 0.25) is 0 Å². The van der Waals surface area contributed by atoms with Gasteiger partial charge in [-0.05, 0) is 120 Å². The molecule has 2 aromatic carbocycles. The van der Waals surface area contributed by atoms with E-state index in [9.17, 15) is 9.18 Å². The van der Waals surface area contributed by atoms with Crippen LogP contribution in [0.15, 0.2) is 60.2 Å². The maximum absolute atomic E-state index is 14.1. The lowest BCUT2D eigenvalue weighted by Crippen LogP contribution is -2.39. The Morgan fingerprint density at radius 1 is 0.942 bits per heavy atom. The van der Waals surface area contributed by atoms with Gasteiger partial charge in [-0.15, -0.1) is 0 Å². The van der Waals surface area contributed by atoms with Gasteiger partial charge < -0.3 is 19.1 Å². The maximum atomic E-state index is 14.1. The van der Waals surface area contributed by atoms with Gasteiger partial charge in [0, 0.05) is 42.8 Å². The van der Waals surface area contributed by atoms with E-state index < -0.39 is 17.7 Å². The number of aromatic nitrogens is 1. The lowest BCUT2D eigenvalue weighted by atomic mass is 9.77. The van der Waals surface area contributed by atoms with E-state index in [4.69, 9.17) is 19.2 Å². The molecule has 2 heterocycles. The number of benzene rings is 2. The number of halogens is 1. The Kier molecular flexibility index (Phi) is 12.2. The monoisotopic (exact) mass is 712 g/mol. The van der Waals surface area contributed by atoms with Crippen LogP contribution in [0, 0.1) is 23.6 Å². The van der Waals surface area contributed by atoms with Gasteiger partial charge in [0.05, 0.1) is 29.7 Å². The summed E-state index contributed by atoms with van der Waals surface area (Å²) in [5.41, 5.74) is 8.05. The van der Waals surface area contributed by atoms with Gasteiger partial charge in [-0.3, -0.25) is 4.98 Å². The van der Waals surface area contributed by atoms with E-state index >= 15 is 0 Å². The predicted octanol–water partition coefficient (Wildman–Crippen LogP) is 10.9. The number of carbonyl (C=O) groups excluding carboxylic acids is 1. The summed E-state index contributed by atoms with van der Waals surface area (Å²) >= 11 is 0. The van der Waals surface area contributed by atoms with Gasteiger partial charge in [-0.2, -0.15) is 0 Å². The standard InChI is InChI=1S/C45H61FN2O4/c1-30(2)51-42(49)41(52-43(4,5)6)38-31(3)47-37(29-33-19-22-44(7,8)23-20-33)39(40(38)48-26-24-45(9,10)25-27-48)34-13-17-36(18-14-34)50-28-21-32-11-15-35(46)16-12-32/h11-19,30,41H,20-29H2,1-10H3. The van der Waals surface area contributed by atoms with Gasteiger partial charge in [0.15, 0.2) is 6.10 Å². The lowest BCUT2D eigenvalue weighted by molar-refractivity contribution is -0.171. The summed E-state index contributed by atoms with van der Waals surface area (Å²) < 4.78 is 32.1. The molecule has 1 atom stereocenters. The largest absolute Gasteiger partial charge is 0.493 e. The quantitative estimate of drug-likeness (QED) is 0.138. The molecule has 3 aromatic rings. The number of anilines is 1. The molecule has 0 N–H and O–H groups in total. The van der Waals surface area contributed by atoms with Crippen LogP contribution in [0.3, 0.4) is 0 Å². The molecule has 1 aliphatic heterocycles. The van der Waals surface area contributed by atoms with E-state index in [2.05, 4.69) is 50.8 Å². The van der Waals surface area contributed by atoms with Crippen LogP contribution in [0.5, 0.6) is 5.75 Å². The summed E-state index contributed by atoms with van der Waals surface area (Å²) in [6.45, 7) is 23.3. The fourth-order valence-electron chi connectivity index (χ4n) is 7.20. The number of carbonyl (C=O) groups is 1. The Balaban J connectivity index is 1.64. The summed E-state index contributed by atoms with van der Waals surface area (Å²) in [6.07, 6.45) is 7.91. The molecular formula is C45H61FN2O4. The Bertz CT molecular complexity index is 1710. The van der Waals surface area contributed by atoms with Crippen LogP contribution in [0.25, 0.3) is 11.1 Å². The fourth-order valence-corrected chi connectivity index (χ4v) is 7.20. The van der Waals surface area contributed by atoms with Crippen molar-refractivity contribution in [1.29, 1.82) is 0 Å². The molecule has 5 rings (SSSR count). The SMILES string of the molecule is Cc1nc(CC2=CCC(C)(C)CC2)c(-c2ccc(OCCc3ccc(F)cc3)cc2)c(N2CCC(C)(C)CC2)c1C(OC(C)(C)C)C(=O)OC(C)C. The molecule has 2 aliphatic rings. The first-order valence-electron chi connectivity index (χ1n) is 19.2. The zero-order chi connectivity index (χ0) is 37.8. The highest BCUT2D eigenvalue weighted by Crippen LogP contribution is 2.46. The first-order valence-corrected chi connectivity index (χ1v) is 19.2. The van der Waals surface area contributed by atoms with Crippen molar-refractivity contribution in [3.8, 4) is 16.9 Å². The fraction of sp³-hybridized carbons (Fsp3) is 0.556. The van der Waals surface area contributed by atoms with Crippen LogP contribution in [0.2, 0.25) is 0 Å². The number of nitrogens with zero attached hydrogens (tertiary/aromatic N) is 2. The minimum Gasteiger partial charge on any atom is -0.493 e. The molecule has 0 spiro atoms. The molecule has 1 unspecified atom stereocenters. The average Bonchev–Trinajstić information content (AvgIpc) is 3.05. The third kappa shape index (κ3) is 10.5. The number of aryl methyl sites for hydroxylation is 1. The molecule has 6 nitrogen and oxygen atoms in total. The number of esters is 1. The number of hydrogen-bond acceptors (Lipinski definition) is 6. The van der Waals surface area contributed by atoms with Crippen LogP contribution in [-0.4, -0.2) is 42.4 Å². The van der Waals surface area contributed by atoms with Crippen molar-refractivity contribution in [2.75, 3.05) is 24.6 Å². The van der Waals surface area contributed by atoms with Crippen molar-refractivity contribution >= 4 is 11.7 Å². The second kappa shape index (κ2) is 16.1. The number of allylic oxidation sites excluding steroid dienone is 2. The summed E-state index contributed by atoms with van der Waals surface area (Å²) in [5, 5.41) is 0. The van der Waals surface area contributed by atoms with Crippen LogP contribution in [0.1, 0.15) is 123 Å². The van der Waals surface area contributed by atoms with E-state index in [1.54, 1.807) is 12.1 Å². The highest BCUT2D eigenvalue weighted by Gasteiger charge is 2.38. The molecule has 0 amide bonds. The molecule has 1 fully saturated rings. The molecule has 1 aliphatic carbocycles. The molecule has 52 heavy (non-hydrogen) atoms. The third-order valence-corrected chi connectivity index (χ3v) is 10.4. The number of ether oxygens (including phenoxy) is 3. The van der Waals surface area contributed by atoms with Gasteiger partial charge in [0.25, 0.3) is 0 Å². The van der Waals surface area contributed by atoms with Crippen molar-refractivity contribution in [2.45, 2.75) is 132 Å². The lowest BCUT2D eigenvalue weighted by Gasteiger charge is -2.41. The second-order valence-electron chi connectivity index (χ2n) is 17.7. The van der Waals surface area contributed by atoms with Crippen molar-refractivity contribution in [3.63, 3.8) is 0 Å². The topological polar surface area (TPSA) is 60.9 Å². The number of rotatable bonds is 12. The van der Waals surface area contributed by atoms with Crippen LogP contribution in [-0.2, 0) is 27.1 Å². The molecule has 1 aromatic heterocycles. The molecule has 0 bridgehead atoms. The minimum atomic E-state index is -0.948. The van der Waals surface area contributed by atoms with Crippen molar-refractivity contribution in [3.05, 3.63) is 88.5 Å². The molecule has 1 saturated heterocycles. The van der Waals surface area contributed by atoms with Crippen LogP contribution < -0.4 is 9.64 Å². The van der Waals surface area contributed by atoms with Gasteiger partial charge in [0.1, 0.15) is 11.6 Å². The minimum absolute atomic E-state index is 0.228. The number of hydrogen-bond donors (Lipinski definition) is 0. The third-order valence-electron chi connectivity index (χ3n) is 10.4. The van der Waals surface area contributed by atoms with E-state index in [-0.39, 0.29) is 17.3 Å². The van der Waals surface area contributed by atoms with Gasteiger partial charge in [-0.1, -0.05) is 63.6 Å². The highest BCUT2D eigenvalue weighted by atomic mass is 19.1. The van der Waals surface area contributed by atoms with E-state index in [0.717, 1.165) is 96.7 Å². The zero-order valence-corrected chi connectivity index (χ0v) is 33.3. The first-order chi connectivity index (χ1) is 24.4. The molecule has 0 saturated carbocycles. The van der Waals surface area contributed by atoms with Crippen LogP contribution >= 0.6 is 0 Å². The van der Waals surface area contributed by atoms with E-state index in [0.29, 0.717) is 18.4 Å². The molecule has 7 heteroatoms. The Morgan fingerprint density at radius 3 is 2.17 bits per heavy atom. The zero-order valence-electron chi connectivity index (χ0n) is 33.3. The molecular weight excluding hydrogens is 652 g/mol. The molecule has 0 radical (unpaired) electrons. The van der Waals surface area contributed by atoms with Crippen molar-refractivity contribution in [1.82, 2.24) is 4.98 Å². The van der Waals surface area contributed by atoms with Crippen molar-refractivity contribution < 1.29 is 23.4 Å². The van der Waals surface area contributed by atoms with E-state index in [1.165, 1.54) is 17.7 Å². The highest BCUT2D eigenvalue weighted by molar-refractivity contribution is 5.89. The smallest absolute Gasteiger partial charge is 0.340 e. The summed E-state index contributed by atoms with van der Waals surface area (Å²) in [6, 6.07) is 14.8. The van der Waals surface area contributed by atoms with Crippen LogP contribution in [0.4, 0.5) is 10.1 Å². The Hall–Kier alpha value is -3.71. The molecule has 282 valence electrons. The summed E-state index contributed by atoms with van der Waals surface area (Å²) in [5.74, 6) is 0.132. The Morgan fingerprint density at radius 2 is 1.60 bits per heavy atom. The second-order valence-corrected chi connectivity index (χ2v) is 17.7. The Labute approximate surface area is 312 Å². The first kappa shape index (κ1) is 39.5. The van der Waals surface area contributed by atoms with E-state index in [1.807, 2.05) is 53.7 Å². The average molecular weight is 713 g/mol. The van der Waals surface area contributed by atoms with Gasteiger partial charge >= 0.3 is 5.97 Å². The number of piperidine rings is 1.